The van der Waals surface area contributed by atoms with Crippen LogP contribution in [-0.2, 0) is 10.3 Å². The highest BCUT2D eigenvalue weighted by atomic mass is 35.5. The Kier molecular flexibility index (Phi) is 10.8. The quantitative estimate of drug-likeness (QED) is 0.469. The zero-order valence-corrected chi connectivity index (χ0v) is 19.8. The molecule has 4 nitrogen and oxygen atoms in total. The van der Waals surface area contributed by atoms with E-state index < -0.39 is 5.60 Å². The van der Waals surface area contributed by atoms with Gasteiger partial charge in [-0.05, 0) is 36.6 Å². The van der Waals surface area contributed by atoms with E-state index in [2.05, 4.69) is 36.1 Å². The molecule has 1 fully saturated rings. The molecular weight excluding hydrogens is 410 g/mol. The number of aliphatic hydroxyl groups is 1. The van der Waals surface area contributed by atoms with Crippen LogP contribution in [0.2, 0.25) is 0 Å². The summed E-state index contributed by atoms with van der Waals surface area (Å²) < 4.78 is 11.2. The van der Waals surface area contributed by atoms with E-state index in [-0.39, 0.29) is 18.3 Å². The van der Waals surface area contributed by atoms with Gasteiger partial charge in [-0.25, -0.2) is 0 Å². The topological polar surface area (TPSA) is 41.9 Å². The van der Waals surface area contributed by atoms with Crippen LogP contribution in [0.25, 0.3) is 0 Å². The van der Waals surface area contributed by atoms with Crippen molar-refractivity contribution < 1.29 is 14.6 Å². The molecule has 172 valence electrons. The van der Waals surface area contributed by atoms with Crippen molar-refractivity contribution in [2.45, 2.75) is 51.0 Å². The standard InChI is InChI=1S/C26H37NO3.ClH/c1-3-5-9-16-26(28,23-12-14-24(15-13-23)30-4-2)25(22-10-7-6-8-11-22)21-27-17-19-29-20-18-27;/h6-8,10-15,25,28H,3-5,9,16-21H2,1-2H3;1H. The highest BCUT2D eigenvalue weighted by Crippen LogP contribution is 2.42. The number of hydrogen-bond acceptors (Lipinski definition) is 4. The van der Waals surface area contributed by atoms with Crippen molar-refractivity contribution >= 4 is 12.4 Å². The van der Waals surface area contributed by atoms with Gasteiger partial charge in [-0.2, -0.15) is 0 Å². The van der Waals surface area contributed by atoms with Gasteiger partial charge >= 0.3 is 0 Å². The van der Waals surface area contributed by atoms with Gasteiger partial charge in [0.1, 0.15) is 5.75 Å². The Morgan fingerprint density at radius 3 is 2.29 bits per heavy atom. The average molecular weight is 448 g/mol. The fourth-order valence-electron chi connectivity index (χ4n) is 4.43. The monoisotopic (exact) mass is 447 g/mol. The molecule has 0 spiro atoms. The largest absolute Gasteiger partial charge is 0.494 e. The molecule has 0 radical (unpaired) electrons. The normalized spacial score (nSPS) is 17.4. The summed E-state index contributed by atoms with van der Waals surface area (Å²) in [7, 11) is 0. The lowest BCUT2D eigenvalue weighted by atomic mass is 9.74. The van der Waals surface area contributed by atoms with E-state index in [0.29, 0.717) is 6.61 Å². The van der Waals surface area contributed by atoms with Crippen molar-refractivity contribution in [1.29, 1.82) is 0 Å². The van der Waals surface area contributed by atoms with Gasteiger partial charge in [-0.1, -0.05) is 68.7 Å². The minimum Gasteiger partial charge on any atom is -0.494 e. The highest BCUT2D eigenvalue weighted by molar-refractivity contribution is 5.85. The number of rotatable bonds is 11. The Bertz CT molecular complexity index is 734. The molecule has 2 unspecified atom stereocenters. The van der Waals surface area contributed by atoms with Gasteiger partial charge < -0.3 is 14.6 Å². The Labute approximate surface area is 194 Å². The van der Waals surface area contributed by atoms with E-state index in [0.717, 1.165) is 69.8 Å². The second kappa shape index (κ2) is 13.1. The number of hydrogen-bond donors (Lipinski definition) is 1. The van der Waals surface area contributed by atoms with Crippen LogP contribution in [0.3, 0.4) is 0 Å². The molecule has 2 aromatic rings. The third kappa shape index (κ3) is 6.95. The van der Waals surface area contributed by atoms with Crippen molar-refractivity contribution in [2.24, 2.45) is 0 Å². The number of morpholine rings is 1. The van der Waals surface area contributed by atoms with E-state index in [4.69, 9.17) is 9.47 Å². The third-order valence-corrected chi connectivity index (χ3v) is 6.15. The summed E-state index contributed by atoms with van der Waals surface area (Å²) in [5, 5.41) is 12.3. The van der Waals surface area contributed by atoms with Gasteiger partial charge in [0.15, 0.2) is 0 Å². The van der Waals surface area contributed by atoms with Crippen LogP contribution in [-0.4, -0.2) is 49.5 Å². The molecule has 1 aliphatic rings. The summed E-state index contributed by atoms with van der Waals surface area (Å²) in [6, 6.07) is 18.6. The summed E-state index contributed by atoms with van der Waals surface area (Å²) in [5.74, 6) is 0.841. The lowest BCUT2D eigenvalue weighted by molar-refractivity contribution is -0.0295. The van der Waals surface area contributed by atoms with Crippen LogP contribution in [0.4, 0.5) is 0 Å². The van der Waals surface area contributed by atoms with Gasteiger partial charge in [-0.15, -0.1) is 12.4 Å². The lowest BCUT2D eigenvalue weighted by Crippen LogP contribution is -2.45. The molecule has 0 amide bonds. The average Bonchev–Trinajstić information content (AvgIpc) is 2.79. The summed E-state index contributed by atoms with van der Waals surface area (Å²) in [6.07, 6.45) is 4.02. The second-order valence-corrected chi connectivity index (χ2v) is 8.22. The maximum absolute atomic E-state index is 12.3. The molecule has 0 aromatic heterocycles. The van der Waals surface area contributed by atoms with Crippen LogP contribution in [0.1, 0.15) is 56.6 Å². The molecule has 3 rings (SSSR count). The molecule has 2 aromatic carbocycles. The maximum atomic E-state index is 12.3. The molecule has 0 bridgehead atoms. The number of unbranched alkanes of at least 4 members (excludes halogenated alkanes) is 2. The molecule has 31 heavy (non-hydrogen) atoms. The zero-order valence-electron chi connectivity index (χ0n) is 19.0. The van der Waals surface area contributed by atoms with Crippen molar-refractivity contribution in [1.82, 2.24) is 4.90 Å². The van der Waals surface area contributed by atoms with Gasteiger partial charge in [0.2, 0.25) is 0 Å². The molecule has 0 aliphatic carbocycles. The van der Waals surface area contributed by atoms with Crippen LogP contribution < -0.4 is 4.74 Å². The minimum absolute atomic E-state index is 0. The van der Waals surface area contributed by atoms with E-state index in [1.807, 2.05) is 37.3 Å². The van der Waals surface area contributed by atoms with Gasteiger partial charge in [0.05, 0.1) is 25.4 Å². The zero-order chi connectivity index (χ0) is 21.2. The number of benzene rings is 2. The van der Waals surface area contributed by atoms with E-state index >= 15 is 0 Å². The number of halogens is 1. The van der Waals surface area contributed by atoms with Crippen molar-refractivity contribution in [2.75, 3.05) is 39.5 Å². The van der Waals surface area contributed by atoms with Crippen LogP contribution in [0, 0.1) is 0 Å². The van der Waals surface area contributed by atoms with Crippen molar-refractivity contribution in [3.05, 3.63) is 65.7 Å². The summed E-state index contributed by atoms with van der Waals surface area (Å²) >= 11 is 0. The molecule has 1 aliphatic heterocycles. The predicted octanol–water partition coefficient (Wildman–Crippen LogP) is 5.39. The molecule has 2 atom stereocenters. The SMILES string of the molecule is CCCCCC(O)(c1ccc(OCC)cc1)C(CN1CCOCC1)c1ccccc1.Cl. The minimum atomic E-state index is -0.931. The van der Waals surface area contributed by atoms with Gasteiger partial charge in [0.25, 0.3) is 0 Å². The molecule has 0 saturated carbocycles. The van der Waals surface area contributed by atoms with E-state index in [1.165, 1.54) is 5.56 Å². The van der Waals surface area contributed by atoms with Crippen molar-refractivity contribution in [3.8, 4) is 5.75 Å². The smallest absolute Gasteiger partial charge is 0.119 e. The Morgan fingerprint density at radius 1 is 1.00 bits per heavy atom. The van der Waals surface area contributed by atoms with E-state index in [9.17, 15) is 5.11 Å². The summed E-state index contributed by atoms with van der Waals surface area (Å²) in [5.41, 5.74) is 1.24. The molecule has 5 heteroatoms. The fourth-order valence-corrected chi connectivity index (χ4v) is 4.43. The summed E-state index contributed by atoms with van der Waals surface area (Å²) in [6.45, 7) is 9.01. The van der Waals surface area contributed by atoms with Gasteiger partial charge in [0, 0.05) is 25.6 Å². The molecule has 1 saturated heterocycles. The number of ether oxygens (including phenoxy) is 2. The van der Waals surface area contributed by atoms with Crippen LogP contribution >= 0.6 is 12.4 Å². The first kappa shape index (κ1) is 25.7. The Hall–Kier alpha value is -1.59. The molecule has 1 N–H and O–H groups in total. The van der Waals surface area contributed by atoms with Crippen LogP contribution in [0.15, 0.2) is 54.6 Å². The van der Waals surface area contributed by atoms with Crippen LogP contribution in [0.5, 0.6) is 5.75 Å². The van der Waals surface area contributed by atoms with E-state index in [1.54, 1.807) is 0 Å². The third-order valence-electron chi connectivity index (χ3n) is 6.15. The first-order chi connectivity index (χ1) is 14.7. The maximum Gasteiger partial charge on any atom is 0.119 e. The number of nitrogens with zero attached hydrogens (tertiary/aromatic N) is 1. The summed E-state index contributed by atoms with van der Waals surface area (Å²) in [4.78, 5) is 2.43. The fraction of sp³-hybridized carbons (Fsp3) is 0.538. The molecular formula is C26H38ClNO3. The predicted molar refractivity (Wildman–Crippen MR) is 129 cm³/mol. The van der Waals surface area contributed by atoms with Gasteiger partial charge in [-0.3, -0.25) is 4.90 Å². The Morgan fingerprint density at radius 2 is 1.68 bits per heavy atom. The highest BCUT2D eigenvalue weighted by Gasteiger charge is 2.40. The van der Waals surface area contributed by atoms with Crippen molar-refractivity contribution in [3.63, 3.8) is 0 Å². The lowest BCUT2D eigenvalue weighted by Gasteiger charge is -2.41. The first-order valence-corrected chi connectivity index (χ1v) is 11.5. The molecule has 1 heterocycles. The first-order valence-electron chi connectivity index (χ1n) is 11.5. The second-order valence-electron chi connectivity index (χ2n) is 8.22. The Balaban J connectivity index is 0.00000341.